The predicted molar refractivity (Wildman–Crippen MR) is 96.3 cm³/mol. The largest absolute Gasteiger partial charge is 0.467 e. The molecule has 1 amide bonds. The van der Waals surface area contributed by atoms with E-state index in [2.05, 4.69) is 5.32 Å². The van der Waals surface area contributed by atoms with Crippen molar-refractivity contribution in [2.75, 3.05) is 7.11 Å². The minimum Gasteiger partial charge on any atom is -0.467 e. The molecule has 0 radical (unpaired) electrons. The molecule has 128 valence electrons. The zero-order valence-electron chi connectivity index (χ0n) is 14.2. The van der Waals surface area contributed by atoms with Gasteiger partial charge in [0.05, 0.1) is 7.11 Å². The Bertz CT molecular complexity index is 900. The van der Waals surface area contributed by atoms with Crippen molar-refractivity contribution < 1.29 is 14.3 Å². The zero-order valence-corrected chi connectivity index (χ0v) is 14.2. The highest BCUT2D eigenvalue weighted by atomic mass is 16.5. The maximum Gasteiger partial charge on any atom is 0.328 e. The van der Waals surface area contributed by atoms with E-state index in [1.165, 1.54) is 7.11 Å². The Kier molecular flexibility index (Phi) is 4.84. The normalized spacial score (nSPS) is 11.9. The summed E-state index contributed by atoms with van der Waals surface area (Å²) >= 11 is 0. The van der Waals surface area contributed by atoms with Gasteiger partial charge >= 0.3 is 5.97 Å². The molecule has 0 spiro atoms. The van der Waals surface area contributed by atoms with E-state index in [0.29, 0.717) is 12.0 Å². The first kappa shape index (κ1) is 16.8. The van der Waals surface area contributed by atoms with Gasteiger partial charge in [-0.05, 0) is 29.8 Å². The summed E-state index contributed by atoms with van der Waals surface area (Å²) in [6.07, 6.45) is 2.33. The van der Waals surface area contributed by atoms with Crippen LogP contribution in [0.4, 0.5) is 0 Å². The lowest BCUT2D eigenvalue weighted by atomic mass is 10.1. The Morgan fingerprint density at radius 2 is 1.88 bits per heavy atom. The third kappa shape index (κ3) is 3.71. The van der Waals surface area contributed by atoms with Crippen molar-refractivity contribution in [2.45, 2.75) is 12.5 Å². The fraction of sp³-hybridized carbons (Fsp3) is 0.200. The highest BCUT2D eigenvalue weighted by Crippen LogP contribution is 2.17. The molecule has 1 atom stereocenters. The number of rotatable bonds is 5. The van der Waals surface area contributed by atoms with Crippen molar-refractivity contribution in [3.8, 4) is 0 Å². The molecule has 1 N–H and O–H groups in total. The fourth-order valence-corrected chi connectivity index (χ4v) is 2.85. The van der Waals surface area contributed by atoms with Crippen LogP contribution >= 0.6 is 0 Å². The quantitative estimate of drug-likeness (QED) is 0.729. The minimum atomic E-state index is -0.730. The van der Waals surface area contributed by atoms with Crippen LogP contribution in [-0.2, 0) is 23.0 Å². The molecular formula is C20H20N2O3. The molecule has 25 heavy (non-hydrogen) atoms. The third-order valence-electron chi connectivity index (χ3n) is 4.22. The molecule has 0 aliphatic carbocycles. The van der Waals surface area contributed by atoms with Gasteiger partial charge in [-0.15, -0.1) is 0 Å². The lowest BCUT2D eigenvalue weighted by Crippen LogP contribution is -2.43. The van der Waals surface area contributed by atoms with Gasteiger partial charge in [0, 0.05) is 36.1 Å². The van der Waals surface area contributed by atoms with Crippen molar-refractivity contribution in [2.24, 2.45) is 7.05 Å². The van der Waals surface area contributed by atoms with Crippen LogP contribution in [0, 0.1) is 0 Å². The molecule has 3 aromatic rings. The Balaban J connectivity index is 1.79. The monoisotopic (exact) mass is 336 g/mol. The van der Waals surface area contributed by atoms with Crippen molar-refractivity contribution in [1.82, 2.24) is 9.88 Å². The number of hydrogen-bond donors (Lipinski definition) is 1. The molecule has 0 saturated carbocycles. The summed E-state index contributed by atoms with van der Waals surface area (Å²) in [5.74, 6) is -0.755. The Labute approximate surface area is 146 Å². The average Bonchev–Trinajstić information content (AvgIpc) is 3.01. The van der Waals surface area contributed by atoms with Gasteiger partial charge in [-0.1, -0.05) is 30.3 Å². The lowest BCUT2D eigenvalue weighted by molar-refractivity contribution is -0.142. The Hall–Kier alpha value is -3.08. The van der Waals surface area contributed by atoms with Crippen LogP contribution in [0.2, 0.25) is 0 Å². The maximum atomic E-state index is 12.6. The number of aryl methyl sites for hydroxylation is 1. The van der Waals surface area contributed by atoms with E-state index in [0.717, 1.165) is 16.5 Å². The summed E-state index contributed by atoms with van der Waals surface area (Å²) in [6.45, 7) is 0. The highest BCUT2D eigenvalue weighted by molar-refractivity contribution is 6.00. The van der Waals surface area contributed by atoms with Crippen molar-refractivity contribution in [1.29, 1.82) is 0 Å². The number of aromatic nitrogens is 1. The number of nitrogens with zero attached hydrogens (tertiary/aromatic N) is 1. The van der Waals surface area contributed by atoms with E-state index in [4.69, 9.17) is 4.74 Å². The first-order chi connectivity index (χ1) is 12.1. The van der Waals surface area contributed by atoms with Gasteiger partial charge in [0.2, 0.25) is 0 Å². The number of carbonyl (C=O) groups excluding carboxylic acids is 2. The second-order valence-electron chi connectivity index (χ2n) is 5.94. The molecule has 2 aromatic carbocycles. The van der Waals surface area contributed by atoms with Gasteiger partial charge < -0.3 is 14.6 Å². The molecule has 1 aromatic heterocycles. The van der Waals surface area contributed by atoms with Crippen LogP contribution in [0.1, 0.15) is 15.9 Å². The molecule has 3 rings (SSSR count). The van der Waals surface area contributed by atoms with Crippen LogP contribution in [0.15, 0.2) is 60.8 Å². The van der Waals surface area contributed by atoms with Gasteiger partial charge in [0.15, 0.2) is 0 Å². The smallest absolute Gasteiger partial charge is 0.328 e. The van der Waals surface area contributed by atoms with E-state index in [1.54, 1.807) is 6.07 Å². The van der Waals surface area contributed by atoms with Crippen molar-refractivity contribution in [3.05, 3.63) is 71.9 Å². The van der Waals surface area contributed by atoms with Crippen LogP contribution < -0.4 is 5.32 Å². The molecule has 0 bridgehead atoms. The SMILES string of the molecule is COC(=O)[C@@H](Cc1ccccc1)NC(=O)c1ccc2c(ccn2C)c1. The number of fused-ring (bicyclic) bond motifs is 1. The second-order valence-corrected chi connectivity index (χ2v) is 5.94. The van der Waals surface area contributed by atoms with Crippen LogP contribution in [0.5, 0.6) is 0 Å². The molecule has 0 saturated heterocycles. The second kappa shape index (κ2) is 7.21. The summed E-state index contributed by atoms with van der Waals surface area (Å²) in [5, 5.41) is 3.76. The molecular weight excluding hydrogens is 316 g/mol. The first-order valence-corrected chi connectivity index (χ1v) is 8.06. The number of esters is 1. The van der Waals surface area contributed by atoms with Crippen molar-refractivity contribution >= 4 is 22.8 Å². The topological polar surface area (TPSA) is 60.3 Å². The summed E-state index contributed by atoms with van der Waals surface area (Å²) in [4.78, 5) is 24.6. The summed E-state index contributed by atoms with van der Waals surface area (Å²) in [5.41, 5.74) is 2.52. The van der Waals surface area contributed by atoms with E-state index >= 15 is 0 Å². The lowest BCUT2D eigenvalue weighted by Gasteiger charge is -2.17. The average molecular weight is 336 g/mol. The molecule has 5 heteroatoms. The number of hydrogen-bond acceptors (Lipinski definition) is 3. The number of ether oxygens (including phenoxy) is 1. The molecule has 0 aliphatic heterocycles. The van der Waals surface area contributed by atoms with Crippen LogP contribution in [0.25, 0.3) is 10.9 Å². The fourth-order valence-electron chi connectivity index (χ4n) is 2.85. The number of methoxy groups -OCH3 is 1. The summed E-state index contributed by atoms with van der Waals surface area (Å²) in [7, 11) is 3.28. The van der Waals surface area contributed by atoms with Gasteiger partial charge in [-0.3, -0.25) is 4.79 Å². The zero-order chi connectivity index (χ0) is 17.8. The van der Waals surface area contributed by atoms with Gasteiger partial charge in [0.1, 0.15) is 6.04 Å². The van der Waals surface area contributed by atoms with Gasteiger partial charge in [0.25, 0.3) is 5.91 Å². The molecule has 1 heterocycles. The van der Waals surface area contributed by atoms with E-state index in [-0.39, 0.29) is 5.91 Å². The van der Waals surface area contributed by atoms with E-state index in [9.17, 15) is 9.59 Å². The van der Waals surface area contributed by atoms with Crippen LogP contribution in [0.3, 0.4) is 0 Å². The van der Waals surface area contributed by atoms with E-state index < -0.39 is 12.0 Å². The Morgan fingerprint density at radius 3 is 2.60 bits per heavy atom. The molecule has 0 fully saturated rings. The number of nitrogens with one attached hydrogen (secondary N) is 1. The maximum absolute atomic E-state index is 12.6. The predicted octanol–water partition coefficient (Wildman–Crippen LogP) is 2.69. The molecule has 0 unspecified atom stereocenters. The van der Waals surface area contributed by atoms with Crippen molar-refractivity contribution in [3.63, 3.8) is 0 Å². The van der Waals surface area contributed by atoms with Gasteiger partial charge in [-0.2, -0.15) is 0 Å². The summed E-state index contributed by atoms with van der Waals surface area (Å²) < 4.78 is 6.83. The third-order valence-corrected chi connectivity index (χ3v) is 4.22. The van der Waals surface area contributed by atoms with E-state index in [1.807, 2.05) is 66.3 Å². The Morgan fingerprint density at radius 1 is 1.12 bits per heavy atom. The van der Waals surface area contributed by atoms with Gasteiger partial charge in [-0.25, -0.2) is 4.79 Å². The number of benzene rings is 2. The highest BCUT2D eigenvalue weighted by Gasteiger charge is 2.22. The van der Waals surface area contributed by atoms with Crippen LogP contribution in [-0.4, -0.2) is 29.6 Å². The first-order valence-electron chi connectivity index (χ1n) is 8.06. The summed E-state index contributed by atoms with van der Waals surface area (Å²) in [6, 6.07) is 16.2. The number of amides is 1. The molecule has 0 aliphatic rings. The minimum absolute atomic E-state index is 0.294. The molecule has 5 nitrogen and oxygen atoms in total. The standard InChI is InChI=1S/C20H20N2O3/c1-22-11-10-15-13-16(8-9-18(15)22)19(23)21-17(20(24)25-2)12-14-6-4-3-5-7-14/h3-11,13,17H,12H2,1-2H3,(H,21,23)/t17-/m1/s1. The number of carbonyl (C=O) groups is 2.